The molecular formula is C24H44O4Si. The van der Waals surface area contributed by atoms with E-state index in [2.05, 4.69) is 44.2 Å². The number of carbonyl (C=O) groups excluding carboxylic acids is 2. The van der Waals surface area contributed by atoms with Crippen molar-refractivity contribution in [3.05, 3.63) is 24.3 Å². The van der Waals surface area contributed by atoms with Gasteiger partial charge in [-0.1, -0.05) is 78.0 Å². The fraction of sp³-hybridized carbons (Fsp3) is 0.750. The maximum Gasteiger partial charge on any atom is 0.320 e. The van der Waals surface area contributed by atoms with E-state index in [1.807, 2.05) is 0 Å². The molecule has 4 nitrogen and oxygen atoms in total. The number of ether oxygens (including phenoxy) is 1. The van der Waals surface area contributed by atoms with Gasteiger partial charge < -0.3 is 9.16 Å². The fourth-order valence-electron chi connectivity index (χ4n) is 3.36. The zero-order chi connectivity index (χ0) is 22.0. The number of hydrogen-bond acceptors (Lipinski definition) is 4. The Morgan fingerprint density at radius 3 is 1.86 bits per heavy atom. The minimum atomic E-state index is -1.89. The summed E-state index contributed by atoms with van der Waals surface area (Å²) in [6.07, 6.45) is 15.9. The van der Waals surface area contributed by atoms with E-state index in [1.54, 1.807) is 0 Å². The van der Waals surface area contributed by atoms with Crippen molar-refractivity contribution in [2.45, 2.75) is 110 Å². The molecule has 0 bridgehead atoms. The van der Waals surface area contributed by atoms with Gasteiger partial charge in [0.1, 0.15) is 0 Å². The summed E-state index contributed by atoms with van der Waals surface area (Å²) < 4.78 is 10.5. The van der Waals surface area contributed by atoms with Crippen LogP contribution in [0.15, 0.2) is 24.3 Å². The zero-order valence-corrected chi connectivity index (χ0v) is 20.4. The van der Waals surface area contributed by atoms with E-state index in [0.717, 1.165) is 37.4 Å². The lowest BCUT2D eigenvalue weighted by Crippen LogP contribution is -2.38. The predicted octanol–water partition coefficient (Wildman–Crippen LogP) is 7.11. The predicted molar refractivity (Wildman–Crippen MR) is 124 cm³/mol. The first-order valence-corrected chi connectivity index (χ1v) is 14.1. The molecule has 0 N–H and O–H groups in total. The van der Waals surface area contributed by atoms with Gasteiger partial charge >= 0.3 is 11.9 Å². The second-order valence-corrected chi connectivity index (χ2v) is 12.5. The number of esters is 1. The highest BCUT2D eigenvalue weighted by Crippen LogP contribution is 2.23. The third-order valence-electron chi connectivity index (χ3n) is 5.79. The first-order chi connectivity index (χ1) is 13.9. The molecule has 0 aromatic heterocycles. The van der Waals surface area contributed by atoms with Gasteiger partial charge in [-0.3, -0.25) is 4.79 Å². The fourth-order valence-corrected chi connectivity index (χ4v) is 5.83. The Morgan fingerprint density at radius 2 is 1.34 bits per heavy atom. The first kappa shape index (κ1) is 27.6. The largest absolute Gasteiger partial charge is 0.516 e. The molecule has 0 aliphatic heterocycles. The van der Waals surface area contributed by atoms with Gasteiger partial charge in [0.25, 0.3) is 8.32 Å². The van der Waals surface area contributed by atoms with E-state index in [1.165, 1.54) is 45.6 Å². The summed E-state index contributed by atoms with van der Waals surface area (Å²) in [5.41, 5.74) is 0.570. The highest BCUT2D eigenvalue weighted by molar-refractivity contribution is 6.75. The van der Waals surface area contributed by atoms with Crippen molar-refractivity contribution in [2.75, 3.05) is 7.11 Å². The Morgan fingerprint density at radius 1 is 0.828 bits per heavy atom. The van der Waals surface area contributed by atoms with Gasteiger partial charge in [0.05, 0.1) is 7.11 Å². The van der Waals surface area contributed by atoms with Crippen LogP contribution in [0.2, 0.25) is 18.1 Å². The second kappa shape index (κ2) is 17.5. The lowest BCUT2D eigenvalue weighted by atomic mass is 10.1. The number of rotatable bonds is 18. The van der Waals surface area contributed by atoms with E-state index in [-0.39, 0.29) is 11.9 Å². The molecule has 5 heteroatoms. The van der Waals surface area contributed by atoms with Crippen molar-refractivity contribution < 1.29 is 18.8 Å². The molecule has 0 saturated carbocycles. The van der Waals surface area contributed by atoms with Crippen LogP contribution in [0, 0.1) is 0 Å². The molecular weight excluding hydrogens is 380 g/mol. The molecule has 0 amide bonds. The average molecular weight is 425 g/mol. The van der Waals surface area contributed by atoms with Crippen molar-refractivity contribution in [3.8, 4) is 0 Å². The molecule has 0 unspecified atom stereocenters. The van der Waals surface area contributed by atoms with Crippen LogP contribution >= 0.6 is 0 Å². The summed E-state index contributed by atoms with van der Waals surface area (Å²) in [5, 5.41) is 0. The van der Waals surface area contributed by atoms with E-state index in [4.69, 9.17) is 4.43 Å². The van der Waals surface area contributed by atoms with Crippen molar-refractivity contribution in [2.24, 2.45) is 0 Å². The van der Waals surface area contributed by atoms with E-state index >= 15 is 0 Å². The van der Waals surface area contributed by atoms with Crippen molar-refractivity contribution in [3.63, 3.8) is 0 Å². The summed E-state index contributed by atoms with van der Waals surface area (Å²) in [6.45, 7) is 10.3. The van der Waals surface area contributed by atoms with Crippen LogP contribution in [-0.2, 0) is 18.8 Å². The molecule has 29 heavy (non-hydrogen) atoms. The summed E-state index contributed by atoms with van der Waals surface area (Å²) in [7, 11) is -0.445. The van der Waals surface area contributed by atoms with Gasteiger partial charge in [0.2, 0.25) is 0 Å². The summed E-state index contributed by atoms with van der Waals surface area (Å²) in [5.74, 6) is -0.296. The van der Waals surface area contributed by atoms with Gasteiger partial charge in [0, 0.05) is 12.0 Å². The second-order valence-electron chi connectivity index (χ2n) is 7.86. The monoisotopic (exact) mass is 424 g/mol. The van der Waals surface area contributed by atoms with Crippen LogP contribution in [0.1, 0.15) is 91.4 Å². The molecule has 0 aliphatic carbocycles. The highest BCUT2D eigenvalue weighted by atomic mass is 28.4. The van der Waals surface area contributed by atoms with E-state index in [0.29, 0.717) is 18.4 Å². The maximum atomic E-state index is 12.3. The van der Waals surface area contributed by atoms with Crippen LogP contribution in [0.5, 0.6) is 0 Å². The highest BCUT2D eigenvalue weighted by Gasteiger charge is 2.33. The number of unbranched alkanes of at least 4 members (excludes halogenated alkanes) is 8. The topological polar surface area (TPSA) is 52.6 Å². The standard InChI is InChI=1S/C24H44O4Si/c1-6-29(7-2,8-3)28-24(26)22(4)20-18-16-14-12-10-9-11-13-15-17-19-21-23(25)27-5/h16,18H,4,6-15,17,19-21H2,1-3,5H3/b18-16+. The molecule has 0 atom stereocenters. The lowest BCUT2D eigenvalue weighted by molar-refractivity contribution is -0.140. The lowest BCUT2D eigenvalue weighted by Gasteiger charge is -2.27. The molecule has 0 spiro atoms. The van der Waals surface area contributed by atoms with Crippen molar-refractivity contribution >= 4 is 20.3 Å². The van der Waals surface area contributed by atoms with Gasteiger partial charge in [-0.05, 0) is 43.8 Å². The minimum Gasteiger partial charge on any atom is -0.516 e. The maximum absolute atomic E-state index is 12.3. The van der Waals surface area contributed by atoms with Crippen LogP contribution in [-0.4, -0.2) is 27.4 Å². The van der Waals surface area contributed by atoms with Gasteiger partial charge in [0.15, 0.2) is 0 Å². The smallest absolute Gasteiger partial charge is 0.320 e. The molecule has 0 aromatic carbocycles. The molecule has 0 heterocycles. The van der Waals surface area contributed by atoms with Crippen LogP contribution in [0.25, 0.3) is 0 Å². The molecule has 0 fully saturated rings. The van der Waals surface area contributed by atoms with Crippen LogP contribution in [0.3, 0.4) is 0 Å². The van der Waals surface area contributed by atoms with Crippen LogP contribution < -0.4 is 0 Å². The number of allylic oxidation sites excluding steroid dienone is 2. The Balaban J connectivity index is 3.70. The Kier molecular flexibility index (Phi) is 16.7. The SMILES string of the molecule is C=C(C/C=C/CCCCCCCCCCC(=O)OC)C(=O)O[Si](CC)(CC)CC. The van der Waals surface area contributed by atoms with Crippen LogP contribution in [0.4, 0.5) is 0 Å². The van der Waals surface area contributed by atoms with E-state index < -0.39 is 8.32 Å². The van der Waals surface area contributed by atoms with E-state index in [9.17, 15) is 9.59 Å². The Labute approximate surface area is 180 Å². The Hall–Kier alpha value is -1.36. The third-order valence-corrected chi connectivity index (χ3v) is 10.3. The molecule has 0 aliphatic rings. The molecule has 0 radical (unpaired) electrons. The molecule has 0 rings (SSSR count). The number of hydrogen-bond donors (Lipinski definition) is 0. The quantitative estimate of drug-likeness (QED) is 0.0773. The Bertz CT molecular complexity index is 487. The summed E-state index contributed by atoms with van der Waals surface area (Å²) >= 11 is 0. The first-order valence-electron chi connectivity index (χ1n) is 11.6. The normalized spacial score (nSPS) is 11.6. The summed E-state index contributed by atoms with van der Waals surface area (Å²) in [6, 6.07) is 2.92. The number of methoxy groups -OCH3 is 1. The molecule has 168 valence electrons. The van der Waals surface area contributed by atoms with Crippen molar-refractivity contribution in [1.82, 2.24) is 0 Å². The van der Waals surface area contributed by atoms with Gasteiger partial charge in [-0.2, -0.15) is 0 Å². The molecule has 0 saturated heterocycles. The van der Waals surface area contributed by atoms with Gasteiger partial charge in [-0.25, -0.2) is 4.79 Å². The summed E-state index contributed by atoms with van der Waals surface area (Å²) in [4.78, 5) is 23.3. The minimum absolute atomic E-state index is 0.101. The molecule has 0 aromatic rings. The van der Waals surface area contributed by atoms with Gasteiger partial charge in [-0.15, -0.1) is 0 Å². The zero-order valence-electron chi connectivity index (χ0n) is 19.4. The number of carbonyl (C=O) groups is 2. The third kappa shape index (κ3) is 13.5. The van der Waals surface area contributed by atoms with Crippen molar-refractivity contribution in [1.29, 1.82) is 0 Å². The average Bonchev–Trinajstić information content (AvgIpc) is 2.74.